The Morgan fingerprint density at radius 3 is 2.73 bits per heavy atom. The molecular formula is C17H11N3O2. The third kappa shape index (κ3) is 2.63. The van der Waals surface area contributed by atoms with Crippen LogP contribution in [-0.4, -0.2) is 15.9 Å². The summed E-state index contributed by atoms with van der Waals surface area (Å²) in [7, 11) is 0. The summed E-state index contributed by atoms with van der Waals surface area (Å²) in [6.07, 6.45) is 1.32. The van der Waals surface area contributed by atoms with Gasteiger partial charge in [-0.1, -0.05) is 35.5 Å². The number of hydrogen-bond acceptors (Lipinski definition) is 5. The molecule has 1 aromatic heterocycles. The summed E-state index contributed by atoms with van der Waals surface area (Å²) in [6, 6.07) is 15.6. The van der Waals surface area contributed by atoms with E-state index >= 15 is 0 Å². The molecule has 0 saturated carbocycles. The van der Waals surface area contributed by atoms with Crippen LogP contribution < -0.4 is 0 Å². The summed E-state index contributed by atoms with van der Waals surface area (Å²) in [5.41, 5.74) is 0.776. The Kier molecular flexibility index (Phi) is 3.50. The van der Waals surface area contributed by atoms with Crippen LogP contribution in [0.4, 0.5) is 0 Å². The second-order valence-electron chi connectivity index (χ2n) is 4.75. The van der Waals surface area contributed by atoms with Gasteiger partial charge in [0.25, 0.3) is 5.89 Å². The zero-order chi connectivity index (χ0) is 15.5. The first-order valence-electron chi connectivity index (χ1n) is 6.63. The monoisotopic (exact) mass is 289 g/mol. The molecule has 3 rings (SSSR count). The maximum absolute atomic E-state index is 11.2. The highest BCUT2D eigenvalue weighted by molar-refractivity contribution is 6.01. The van der Waals surface area contributed by atoms with E-state index in [1.807, 2.05) is 48.5 Å². The van der Waals surface area contributed by atoms with E-state index in [9.17, 15) is 4.79 Å². The van der Waals surface area contributed by atoms with E-state index in [1.165, 1.54) is 13.0 Å². The van der Waals surface area contributed by atoms with E-state index in [2.05, 4.69) is 10.1 Å². The lowest BCUT2D eigenvalue weighted by Crippen LogP contribution is -1.93. The van der Waals surface area contributed by atoms with Crippen LogP contribution in [0.2, 0.25) is 0 Å². The van der Waals surface area contributed by atoms with E-state index in [4.69, 9.17) is 9.78 Å². The highest BCUT2D eigenvalue weighted by Gasteiger charge is 2.10. The van der Waals surface area contributed by atoms with Gasteiger partial charge in [-0.05, 0) is 29.8 Å². The van der Waals surface area contributed by atoms with Gasteiger partial charge < -0.3 is 4.52 Å². The number of carbonyl (C=O) groups excluding carboxylic acids is 1. The second-order valence-corrected chi connectivity index (χ2v) is 4.75. The molecule has 0 atom stereocenters. The lowest BCUT2D eigenvalue weighted by molar-refractivity contribution is -0.113. The van der Waals surface area contributed by atoms with E-state index in [0.717, 1.165) is 16.3 Å². The van der Waals surface area contributed by atoms with Crippen LogP contribution in [-0.2, 0) is 4.79 Å². The van der Waals surface area contributed by atoms with Crippen molar-refractivity contribution in [3.05, 3.63) is 53.9 Å². The van der Waals surface area contributed by atoms with Gasteiger partial charge >= 0.3 is 0 Å². The number of nitrogens with zero attached hydrogens (tertiary/aromatic N) is 3. The van der Waals surface area contributed by atoms with Gasteiger partial charge in [0.15, 0.2) is 11.6 Å². The topological polar surface area (TPSA) is 79.8 Å². The zero-order valence-electron chi connectivity index (χ0n) is 11.8. The molecule has 0 fully saturated rings. The molecule has 106 valence electrons. The summed E-state index contributed by atoms with van der Waals surface area (Å²) in [5.74, 6) is 0.215. The molecule has 0 bridgehead atoms. The predicted octanol–water partition coefficient (Wildman–Crippen LogP) is 3.39. The number of ketones is 1. The normalized spacial score (nSPS) is 11.4. The van der Waals surface area contributed by atoms with Crippen molar-refractivity contribution in [1.29, 1.82) is 5.26 Å². The SMILES string of the molecule is CC(=O)/C(C#N)=C/c1noc(-c2ccc3ccccc3c2)n1. The molecule has 1 heterocycles. The number of Topliss-reactive ketones (excluding diaryl/α,β-unsaturated/α-hetero) is 1. The fourth-order valence-corrected chi connectivity index (χ4v) is 2.07. The first-order valence-corrected chi connectivity index (χ1v) is 6.63. The Balaban J connectivity index is 1.99. The second kappa shape index (κ2) is 5.62. The van der Waals surface area contributed by atoms with Crippen molar-refractivity contribution in [2.45, 2.75) is 6.92 Å². The number of carbonyl (C=O) groups is 1. The Morgan fingerprint density at radius 2 is 2.00 bits per heavy atom. The minimum absolute atomic E-state index is 0.00846. The van der Waals surface area contributed by atoms with Gasteiger partial charge in [0.05, 0.1) is 5.57 Å². The molecule has 0 N–H and O–H groups in total. The maximum atomic E-state index is 11.2. The number of nitriles is 1. The fraction of sp³-hybridized carbons (Fsp3) is 0.0588. The van der Waals surface area contributed by atoms with Gasteiger partial charge in [-0.3, -0.25) is 4.79 Å². The molecule has 5 nitrogen and oxygen atoms in total. The molecule has 2 aromatic carbocycles. The molecule has 0 unspecified atom stereocenters. The molecule has 0 saturated heterocycles. The van der Waals surface area contributed by atoms with Crippen LogP contribution in [0.15, 0.2) is 52.6 Å². The molecule has 0 amide bonds. The quantitative estimate of drug-likeness (QED) is 0.545. The highest BCUT2D eigenvalue weighted by Crippen LogP contribution is 2.23. The molecule has 0 radical (unpaired) electrons. The van der Waals surface area contributed by atoms with E-state index < -0.39 is 0 Å². The summed E-state index contributed by atoms with van der Waals surface area (Å²) >= 11 is 0. The van der Waals surface area contributed by atoms with Gasteiger partial charge in [-0.15, -0.1) is 0 Å². The molecule has 0 spiro atoms. The molecule has 5 heteroatoms. The predicted molar refractivity (Wildman–Crippen MR) is 81.5 cm³/mol. The lowest BCUT2D eigenvalue weighted by Gasteiger charge is -1.98. The smallest absolute Gasteiger partial charge is 0.258 e. The molecule has 3 aromatic rings. The minimum Gasteiger partial charge on any atom is -0.334 e. The first-order chi connectivity index (χ1) is 10.7. The van der Waals surface area contributed by atoms with Crippen molar-refractivity contribution in [2.75, 3.05) is 0 Å². The highest BCUT2D eigenvalue weighted by atomic mass is 16.5. The van der Waals surface area contributed by atoms with Gasteiger partial charge in [-0.25, -0.2) is 0 Å². The number of allylic oxidation sites excluding steroid dienone is 1. The minimum atomic E-state index is -0.334. The van der Waals surface area contributed by atoms with Crippen molar-refractivity contribution in [1.82, 2.24) is 10.1 Å². The Morgan fingerprint density at radius 1 is 1.23 bits per heavy atom. The summed E-state index contributed by atoms with van der Waals surface area (Å²) in [5, 5.41) is 14.8. The largest absolute Gasteiger partial charge is 0.334 e. The number of hydrogen-bond donors (Lipinski definition) is 0. The summed E-state index contributed by atoms with van der Waals surface area (Å²) in [4.78, 5) is 15.4. The summed E-state index contributed by atoms with van der Waals surface area (Å²) in [6.45, 7) is 1.32. The zero-order valence-corrected chi connectivity index (χ0v) is 11.8. The van der Waals surface area contributed by atoms with Crippen LogP contribution in [0.1, 0.15) is 12.7 Å². The van der Waals surface area contributed by atoms with E-state index in [-0.39, 0.29) is 17.2 Å². The van der Waals surface area contributed by atoms with Gasteiger partial charge in [0, 0.05) is 11.6 Å². The van der Waals surface area contributed by atoms with Crippen LogP contribution in [0.25, 0.3) is 28.3 Å². The van der Waals surface area contributed by atoms with Crippen molar-refractivity contribution in [3.8, 4) is 17.5 Å². The van der Waals surface area contributed by atoms with Gasteiger partial charge in [0.2, 0.25) is 0 Å². The number of rotatable bonds is 3. The van der Waals surface area contributed by atoms with Gasteiger partial charge in [-0.2, -0.15) is 10.2 Å². The van der Waals surface area contributed by atoms with Crippen LogP contribution in [0, 0.1) is 11.3 Å². The molecule has 0 aliphatic carbocycles. The van der Waals surface area contributed by atoms with Crippen molar-refractivity contribution in [3.63, 3.8) is 0 Å². The van der Waals surface area contributed by atoms with Crippen LogP contribution in [0.3, 0.4) is 0 Å². The maximum Gasteiger partial charge on any atom is 0.258 e. The number of aromatic nitrogens is 2. The number of fused-ring (bicyclic) bond motifs is 1. The third-order valence-electron chi connectivity index (χ3n) is 3.21. The van der Waals surface area contributed by atoms with Gasteiger partial charge in [0.1, 0.15) is 6.07 Å². The average molecular weight is 289 g/mol. The standard InChI is InChI=1S/C17H11N3O2/c1-11(21)15(10-18)9-16-19-17(22-20-16)14-7-6-12-4-2-3-5-13(12)8-14/h2-9H,1H3/b15-9+. The average Bonchev–Trinajstić information content (AvgIpc) is 3.00. The fourth-order valence-electron chi connectivity index (χ4n) is 2.07. The Labute approximate surface area is 126 Å². The third-order valence-corrected chi connectivity index (χ3v) is 3.21. The lowest BCUT2D eigenvalue weighted by atomic mass is 10.1. The summed E-state index contributed by atoms with van der Waals surface area (Å²) < 4.78 is 5.20. The van der Waals surface area contributed by atoms with E-state index in [1.54, 1.807) is 0 Å². The van der Waals surface area contributed by atoms with Crippen LogP contribution in [0.5, 0.6) is 0 Å². The number of benzene rings is 2. The van der Waals surface area contributed by atoms with Crippen molar-refractivity contribution < 1.29 is 9.32 Å². The van der Waals surface area contributed by atoms with Crippen molar-refractivity contribution in [2.24, 2.45) is 0 Å². The molecular weight excluding hydrogens is 278 g/mol. The first kappa shape index (κ1) is 13.7. The van der Waals surface area contributed by atoms with Crippen LogP contribution >= 0.6 is 0 Å². The van der Waals surface area contributed by atoms with E-state index in [0.29, 0.717) is 5.89 Å². The van der Waals surface area contributed by atoms with Crippen molar-refractivity contribution >= 4 is 22.6 Å². The Bertz CT molecular complexity index is 932. The molecule has 0 aliphatic rings. The molecule has 0 aliphatic heterocycles. The molecule has 22 heavy (non-hydrogen) atoms. The Hall–Kier alpha value is -3.26.